The van der Waals surface area contributed by atoms with E-state index in [9.17, 15) is 4.79 Å². The summed E-state index contributed by atoms with van der Waals surface area (Å²) >= 11 is 0. The van der Waals surface area contributed by atoms with E-state index in [0.29, 0.717) is 19.1 Å². The number of ether oxygens (including phenoxy) is 1. The lowest BCUT2D eigenvalue weighted by atomic mass is 10.2. The Bertz CT molecular complexity index is 329. The Morgan fingerprint density at radius 2 is 1.94 bits per heavy atom. The van der Waals surface area contributed by atoms with E-state index in [2.05, 4.69) is 0 Å². The molecular formula is C12H14NO3-. The van der Waals surface area contributed by atoms with Gasteiger partial charge in [-0.25, -0.2) is 0 Å². The number of rotatable bonds is 4. The Balaban J connectivity index is 0.000000673. The second-order valence-electron chi connectivity index (χ2n) is 2.99. The zero-order chi connectivity index (χ0) is 12.2. The third kappa shape index (κ3) is 7.47. The van der Waals surface area contributed by atoms with Crippen molar-refractivity contribution in [3.63, 3.8) is 0 Å². The van der Waals surface area contributed by atoms with Crippen LogP contribution >= 0.6 is 0 Å². The van der Waals surface area contributed by atoms with Crippen molar-refractivity contribution >= 4 is 12.0 Å². The van der Waals surface area contributed by atoms with Crippen LogP contribution in [0.25, 0.3) is 5.41 Å². The first kappa shape index (κ1) is 14.1. The Kier molecular flexibility index (Phi) is 8.46. The maximum Gasteiger partial charge on any atom is 0.306 e. The average molecular weight is 220 g/mol. The van der Waals surface area contributed by atoms with Crippen molar-refractivity contribution < 1.29 is 14.3 Å². The number of carbonyl (C=O) groups is 1. The summed E-state index contributed by atoms with van der Waals surface area (Å²) in [5.74, 6) is -0.119. The third-order valence-corrected chi connectivity index (χ3v) is 1.70. The van der Waals surface area contributed by atoms with Crippen LogP contribution in [0.4, 0.5) is 0 Å². The normalized spacial score (nSPS) is 8.31. The Hall–Kier alpha value is -1.93. The summed E-state index contributed by atoms with van der Waals surface area (Å²) in [6.45, 7) is 2.35. The van der Waals surface area contributed by atoms with E-state index in [1.807, 2.05) is 37.3 Å². The van der Waals surface area contributed by atoms with Crippen LogP contribution in [-0.2, 0) is 20.9 Å². The van der Waals surface area contributed by atoms with E-state index < -0.39 is 0 Å². The van der Waals surface area contributed by atoms with Crippen molar-refractivity contribution in [3.05, 3.63) is 41.3 Å². The molecule has 0 aromatic heterocycles. The van der Waals surface area contributed by atoms with Crippen LogP contribution in [-0.4, -0.2) is 12.0 Å². The molecule has 0 aliphatic rings. The van der Waals surface area contributed by atoms with Gasteiger partial charge in [-0.3, -0.25) is 9.59 Å². The maximum atomic E-state index is 11.0. The van der Waals surface area contributed by atoms with Crippen molar-refractivity contribution in [2.24, 2.45) is 0 Å². The summed E-state index contributed by atoms with van der Waals surface area (Å²) in [5.41, 5.74) is 1.03. The standard InChI is InChI=1S/C11H14O2.CNO/c1-2-6-11(12)13-9-10-7-4-3-5-8-10;2-1-3/h3-5,7-8H,2,6,9H2,1H3;/q;-1. The molecule has 0 unspecified atom stereocenters. The summed E-state index contributed by atoms with van der Waals surface area (Å²) in [7, 11) is 0. The molecule has 0 heterocycles. The van der Waals surface area contributed by atoms with Crippen LogP contribution in [0.3, 0.4) is 0 Å². The van der Waals surface area contributed by atoms with E-state index in [1.54, 1.807) is 0 Å². The number of hydrogen-bond acceptors (Lipinski definition) is 3. The maximum absolute atomic E-state index is 11.0. The molecule has 86 valence electrons. The highest BCUT2D eigenvalue weighted by atomic mass is 16.5. The second-order valence-corrected chi connectivity index (χ2v) is 2.99. The fraction of sp³-hybridized carbons (Fsp3) is 0.333. The molecule has 0 atom stereocenters. The van der Waals surface area contributed by atoms with Crippen molar-refractivity contribution in [2.45, 2.75) is 26.4 Å². The van der Waals surface area contributed by atoms with Gasteiger partial charge >= 0.3 is 5.97 Å². The van der Waals surface area contributed by atoms with Crippen LogP contribution in [0.15, 0.2) is 30.3 Å². The lowest BCUT2D eigenvalue weighted by molar-refractivity contribution is -0.144. The Morgan fingerprint density at radius 3 is 2.44 bits per heavy atom. The molecule has 0 radical (unpaired) electrons. The SMILES string of the molecule is CCCC(=O)OCc1ccccc1.[N-]=C=O. The smallest absolute Gasteiger partial charge is 0.306 e. The van der Waals surface area contributed by atoms with Gasteiger partial charge in [0.05, 0.1) is 0 Å². The molecule has 0 bridgehead atoms. The summed E-state index contributed by atoms with van der Waals surface area (Å²) in [4.78, 5) is 19.2. The predicted molar refractivity (Wildman–Crippen MR) is 60.2 cm³/mol. The van der Waals surface area contributed by atoms with Gasteiger partial charge in [0.25, 0.3) is 0 Å². The second kappa shape index (κ2) is 9.62. The Morgan fingerprint density at radius 1 is 1.38 bits per heavy atom. The third-order valence-electron chi connectivity index (χ3n) is 1.70. The van der Waals surface area contributed by atoms with Crippen LogP contribution in [0.5, 0.6) is 0 Å². The first-order valence-electron chi connectivity index (χ1n) is 4.95. The van der Waals surface area contributed by atoms with E-state index in [4.69, 9.17) is 14.9 Å². The highest BCUT2D eigenvalue weighted by molar-refractivity contribution is 5.69. The van der Waals surface area contributed by atoms with Gasteiger partial charge in [-0.1, -0.05) is 37.3 Å². The minimum Gasteiger partial charge on any atom is -0.724 e. The molecule has 1 rings (SSSR count). The van der Waals surface area contributed by atoms with Gasteiger partial charge in [0.15, 0.2) is 0 Å². The summed E-state index contributed by atoms with van der Waals surface area (Å²) < 4.78 is 5.03. The van der Waals surface area contributed by atoms with E-state index in [-0.39, 0.29) is 5.97 Å². The van der Waals surface area contributed by atoms with Gasteiger partial charge in [0, 0.05) is 6.42 Å². The molecule has 0 aliphatic heterocycles. The van der Waals surface area contributed by atoms with Gasteiger partial charge in [-0.05, 0) is 18.1 Å². The van der Waals surface area contributed by atoms with Gasteiger partial charge in [0.1, 0.15) is 6.61 Å². The molecule has 16 heavy (non-hydrogen) atoms. The Labute approximate surface area is 94.7 Å². The van der Waals surface area contributed by atoms with E-state index in [0.717, 1.165) is 12.0 Å². The summed E-state index contributed by atoms with van der Waals surface area (Å²) in [6.07, 6.45) is 1.85. The molecule has 0 saturated heterocycles. The van der Waals surface area contributed by atoms with Crippen molar-refractivity contribution in [2.75, 3.05) is 0 Å². The molecular weight excluding hydrogens is 206 g/mol. The number of hydrogen-bond donors (Lipinski definition) is 0. The highest BCUT2D eigenvalue weighted by Crippen LogP contribution is 2.02. The lowest BCUT2D eigenvalue weighted by Gasteiger charge is -2.02. The molecule has 0 N–H and O–H groups in total. The molecule has 4 heteroatoms. The number of benzene rings is 1. The minimum atomic E-state index is -0.119. The molecule has 0 aliphatic carbocycles. The van der Waals surface area contributed by atoms with Gasteiger partial charge in [-0.15, -0.1) is 0 Å². The van der Waals surface area contributed by atoms with Crippen LogP contribution in [0.1, 0.15) is 25.3 Å². The fourth-order valence-electron chi connectivity index (χ4n) is 1.01. The fourth-order valence-corrected chi connectivity index (χ4v) is 1.01. The van der Waals surface area contributed by atoms with Gasteiger partial charge in [-0.2, -0.15) is 0 Å². The average Bonchev–Trinajstić information content (AvgIpc) is 2.29. The summed E-state index contributed by atoms with van der Waals surface area (Å²) in [6, 6.07) is 9.70. The van der Waals surface area contributed by atoms with Crippen molar-refractivity contribution in [1.82, 2.24) is 0 Å². The molecule has 0 spiro atoms. The predicted octanol–water partition coefficient (Wildman–Crippen LogP) is 2.42. The van der Waals surface area contributed by atoms with Crippen LogP contribution in [0, 0.1) is 0 Å². The van der Waals surface area contributed by atoms with Crippen molar-refractivity contribution in [3.8, 4) is 0 Å². The van der Waals surface area contributed by atoms with E-state index >= 15 is 0 Å². The highest BCUT2D eigenvalue weighted by Gasteiger charge is 2.00. The number of carbonyl (C=O) groups excluding carboxylic acids is 2. The van der Waals surface area contributed by atoms with Crippen LogP contribution < -0.4 is 0 Å². The van der Waals surface area contributed by atoms with Gasteiger partial charge in [0.2, 0.25) is 0 Å². The first-order chi connectivity index (χ1) is 7.74. The largest absolute Gasteiger partial charge is 0.724 e. The number of esters is 1. The number of isocyanates is 1. The zero-order valence-corrected chi connectivity index (χ0v) is 9.18. The molecule has 0 saturated carbocycles. The van der Waals surface area contributed by atoms with Crippen LogP contribution in [0.2, 0.25) is 0 Å². The topological polar surface area (TPSA) is 65.7 Å². The minimum absolute atomic E-state index is 0.119. The summed E-state index contributed by atoms with van der Waals surface area (Å²) in [5, 5.41) is 6.76. The molecule has 0 fully saturated rings. The van der Waals surface area contributed by atoms with Gasteiger partial charge < -0.3 is 10.1 Å². The first-order valence-corrected chi connectivity index (χ1v) is 4.95. The molecule has 1 aromatic rings. The monoisotopic (exact) mass is 220 g/mol. The zero-order valence-electron chi connectivity index (χ0n) is 9.18. The molecule has 4 nitrogen and oxygen atoms in total. The quantitative estimate of drug-likeness (QED) is 0.444. The van der Waals surface area contributed by atoms with E-state index in [1.165, 1.54) is 0 Å². The van der Waals surface area contributed by atoms with Crippen molar-refractivity contribution in [1.29, 1.82) is 0 Å². The molecule has 0 amide bonds. The number of nitrogens with zero attached hydrogens (tertiary/aromatic N) is 1. The lowest BCUT2D eigenvalue weighted by Crippen LogP contribution is -2.03. The molecule has 1 aromatic carbocycles.